The van der Waals surface area contributed by atoms with Gasteiger partial charge in [-0.05, 0) is 98.5 Å². The standard InChI is InChI=1S/C30H31F3N2O3/c31-30(32,33)20-6-3-18(4-7-20)27(37)35-16-24-26-23(35)9-10-29(38-24)25-13-19-5-8-21(36)14-22(19)28(26,29)11-12-34(25)15-17-1-2-17/h3-8,14,17,23-26,36H,1-2,9-13,15-16H2/t23-,24-,25-,26+,28+,29-/m1/s1. The van der Waals surface area contributed by atoms with E-state index in [1.807, 2.05) is 11.0 Å². The average Bonchev–Trinajstić information content (AvgIpc) is 3.58. The van der Waals surface area contributed by atoms with Crippen LogP contribution in [0.4, 0.5) is 13.2 Å². The highest BCUT2D eigenvalue weighted by Crippen LogP contribution is 2.69. The number of carbonyl (C=O) groups is 1. The lowest BCUT2D eigenvalue weighted by Gasteiger charge is -2.64. The van der Waals surface area contributed by atoms with Crippen molar-refractivity contribution in [2.75, 3.05) is 19.6 Å². The lowest BCUT2D eigenvalue weighted by atomic mass is 9.46. The van der Waals surface area contributed by atoms with Gasteiger partial charge in [-0.1, -0.05) is 6.07 Å². The number of fused-ring (bicyclic) bond motifs is 1. The number of carbonyl (C=O) groups excluding carboxylic acids is 1. The fourth-order valence-corrected chi connectivity index (χ4v) is 9.22. The lowest BCUT2D eigenvalue weighted by Crippen LogP contribution is -2.74. The molecular weight excluding hydrogens is 493 g/mol. The molecule has 8 rings (SSSR count). The van der Waals surface area contributed by atoms with Crippen molar-refractivity contribution in [1.29, 1.82) is 0 Å². The third-order valence-corrected chi connectivity index (χ3v) is 10.8. The summed E-state index contributed by atoms with van der Waals surface area (Å²) in [4.78, 5) is 18.2. The highest BCUT2D eigenvalue weighted by molar-refractivity contribution is 5.95. The summed E-state index contributed by atoms with van der Waals surface area (Å²) in [6, 6.07) is 10.7. The number of phenolic OH excluding ortho intramolecular Hbond substituents is 1. The van der Waals surface area contributed by atoms with Crippen LogP contribution in [0.2, 0.25) is 0 Å². The van der Waals surface area contributed by atoms with Gasteiger partial charge in [0.05, 0.1) is 17.3 Å². The average molecular weight is 525 g/mol. The van der Waals surface area contributed by atoms with E-state index >= 15 is 0 Å². The molecule has 1 N–H and O–H groups in total. The van der Waals surface area contributed by atoms with Crippen LogP contribution in [-0.2, 0) is 22.7 Å². The van der Waals surface area contributed by atoms with Gasteiger partial charge in [-0.2, -0.15) is 13.2 Å². The van der Waals surface area contributed by atoms with Gasteiger partial charge in [0.1, 0.15) is 5.75 Å². The summed E-state index contributed by atoms with van der Waals surface area (Å²) in [6.07, 6.45) is 1.60. The number of ether oxygens (including phenoxy) is 1. The van der Waals surface area contributed by atoms with Crippen molar-refractivity contribution >= 4 is 5.91 Å². The van der Waals surface area contributed by atoms with Crippen LogP contribution in [0, 0.1) is 11.8 Å². The summed E-state index contributed by atoms with van der Waals surface area (Å²) in [7, 11) is 0. The minimum Gasteiger partial charge on any atom is -0.508 e. The van der Waals surface area contributed by atoms with E-state index in [2.05, 4.69) is 11.0 Å². The summed E-state index contributed by atoms with van der Waals surface area (Å²) < 4.78 is 46.4. The van der Waals surface area contributed by atoms with Gasteiger partial charge < -0.3 is 14.7 Å². The normalized spacial score (nSPS) is 37.2. The zero-order valence-electron chi connectivity index (χ0n) is 21.1. The topological polar surface area (TPSA) is 53.0 Å². The number of aromatic hydroxyl groups is 1. The molecule has 3 saturated heterocycles. The van der Waals surface area contributed by atoms with E-state index in [0.29, 0.717) is 12.6 Å². The smallest absolute Gasteiger partial charge is 0.416 e. The van der Waals surface area contributed by atoms with Crippen molar-refractivity contribution in [3.63, 3.8) is 0 Å². The number of hydrogen-bond acceptors (Lipinski definition) is 4. The largest absolute Gasteiger partial charge is 0.508 e. The maximum Gasteiger partial charge on any atom is 0.416 e. The van der Waals surface area contributed by atoms with E-state index in [0.717, 1.165) is 56.8 Å². The number of rotatable bonds is 3. The summed E-state index contributed by atoms with van der Waals surface area (Å²) >= 11 is 0. The van der Waals surface area contributed by atoms with Crippen LogP contribution in [0.15, 0.2) is 42.5 Å². The van der Waals surface area contributed by atoms with Gasteiger partial charge in [0.15, 0.2) is 0 Å². The molecule has 3 aliphatic heterocycles. The number of amides is 1. The first-order valence-corrected chi connectivity index (χ1v) is 13.9. The van der Waals surface area contributed by atoms with E-state index in [4.69, 9.17) is 4.74 Å². The molecule has 2 saturated carbocycles. The third kappa shape index (κ3) is 2.93. The van der Waals surface area contributed by atoms with Gasteiger partial charge in [-0.25, -0.2) is 0 Å². The van der Waals surface area contributed by atoms with E-state index in [1.165, 1.54) is 36.1 Å². The zero-order chi connectivity index (χ0) is 26.0. The molecule has 5 fully saturated rings. The minimum absolute atomic E-state index is 0.0330. The molecule has 2 aromatic rings. The first kappa shape index (κ1) is 23.3. The fourth-order valence-electron chi connectivity index (χ4n) is 9.22. The summed E-state index contributed by atoms with van der Waals surface area (Å²) in [5, 5.41) is 10.6. The monoisotopic (exact) mass is 524 g/mol. The quantitative estimate of drug-likeness (QED) is 0.629. The number of benzene rings is 2. The van der Waals surface area contributed by atoms with Crippen LogP contribution in [0.5, 0.6) is 5.75 Å². The van der Waals surface area contributed by atoms with Crippen LogP contribution in [-0.4, -0.2) is 64.2 Å². The molecule has 0 unspecified atom stereocenters. The first-order valence-electron chi connectivity index (χ1n) is 13.9. The Morgan fingerprint density at radius 1 is 1.08 bits per heavy atom. The number of piperidine rings is 1. The second-order valence-corrected chi connectivity index (χ2v) is 12.4. The molecule has 4 bridgehead atoms. The molecule has 6 aliphatic rings. The number of likely N-dealkylation sites (tertiary alicyclic amines) is 2. The van der Waals surface area contributed by atoms with Crippen LogP contribution in [0.3, 0.4) is 0 Å². The van der Waals surface area contributed by atoms with E-state index in [1.54, 1.807) is 6.07 Å². The van der Waals surface area contributed by atoms with Gasteiger partial charge in [0.25, 0.3) is 5.91 Å². The van der Waals surface area contributed by atoms with Crippen LogP contribution in [0.25, 0.3) is 0 Å². The first-order chi connectivity index (χ1) is 18.2. The molecule has 1 amide bonds. The highest BCUT2D eigenvalue weighted by atomic mass is 19.4. The Bertz CT molecular complexity index is 1330. The third-order valence-electron chi connectivity index (χ3n) is 10.8. The van der Waals surface area contributed by atoms with Gasteiger partial charge >= 0.3 is 6.18 Å². The minimum atomic E-state index is -4.43. The fraction of sp³-hybridized carbons (Fsp3) is 0.567. The molecule has 0 radical (unpaired) electrons. The molecule has 0 aromatic heterocycles. The molecule has 3 aliphatic carbocycles. The summed E-state index contributed by atoms with van der Waals surface area (Å²) in [5.74, 6) is 0.942. The van der Waals surface area contributed by atoms with Crippen LogP contribution >= 0.6 is 0 Å². The van der Waals surface area contributed by atoms with Crippen molar-refractivity contribution < 1.29 is 27.8 Å². The van der Waals surface area contributed by atoms with Gasteiger partial charge in [0.2, 0.25) is 0 Å². The van der Waals surface area contributed by atoms with Crippen molar-refractivity contribution in [3.8, 4) is 5.75 Å². The molecular formula is C30H31F3N2O3. The van der Waals surface area contributed by atoms with Crippen molar-refractivity contribution in [2.45, 2.75) is 73.9 Å². The number of halogens is 3. The highest BCUT2D eigenvalue weighted by Gasteiger charge is 2.78. The zero-order valence-corrected chi connectivity index (χ0v) is 21.1. The number of hydrogen-bond donors (Lipinski definition) is 1. The number of alkyl halides is 3. The Labute approximate surface area is 219 Å². The van der Waals surface area contributed by atoms with Crippen LogP contribution < -0.4 is 0 Å². The number of phenols is 1. The van der Waals surface area contributed by atoms with Gasteiger partial charge in [-0.3, -0.25) is 9.69 Å². The van der Waals surface area contributed by atoms with Crippen molar-refractivity contribution in [1.82, 2.24) is 9.80 Å². The molecule has 2 aromatic carbocycles. The van der Waals surface area contributed by atoms with E-state index < -0.39 is 11.7 Å². The van der Waals surface area contributed by atoms with E-state index in [9.17, 15) is 23.1 Å². The Hall–Kier alpha value is -2.58. The molecule has 6 atom stereocenters. The molecule has 0 spiro atoms. The molecule has 3 heterocycles. The molecule has 200 valence electrons. The Balaban J connectivity index is 1.18. The van der Waals surface area contributed by atoms with Crippen molar-refractivity contribution in [2.24, 2.45) is 11.8 Å². The predicted molar refractivity (Wildman–Crippen MR) is 133 cm³/mol. The maximum atomic E-state index is 13.7. The summed E-state index contributed by atoms with van der Waals surface area (Å²) in [6.45, 7) is 2.57. The van der Waals surface area contributed by atoms with Gasteiger partial charge in [-0.15, -0.1) is 0 Å². The Kier molecular flexibility index (Phi) is 4.63. The molecule has 38 heavy (non-hydrogen) atoms. The predicted octanol–water partition coefficient (Wildman–Crippen LogP) is 4.76. The SMILES string of the molecule is O=C(c1ccc(C(F)(F)F)cc1)N1C[C@H]2O[C@@]34CC[C@@H]1[C@@H]2[C@@]31CCN(CC2CC2)[C@@H]4Cc2ccc(O)cc21. The van der Waals surface area contributed by atoms with E-state index in [-0.39, 0.29) is 46.3 Å². The summed E-state index contributed by atoms with van der Waals surface area (Å²) in [5.41, 5.74) is 1.41. The Morgan fingerprint density at radius 3 is 2.61 bits per heavy atom. The second kappa shape index (κ2) is 7.54. The molecule has 8 heteroatoms. The van der Waals surface area contributed by atoms with Crippen LogP contribution in [0.1, 0.15) is 59.2 Å². The molecule has 5 nitrogen and oxygen atoms in total. The lowest BCUT2D eigenvalue weighted by molar-refractivity contribution is -0.171. The van der Waals surface area contributed by atoms with Crippen molar-refractivity contribution in [3.05, 3.63) is 64.7 Å². The number of nitrogens with zero attached hydrogens (tertiary/aromatic N) is 2. The Morgan fingerprint density at radius 2 is 1.87 bits per heavy atom. The maximum absolute atomic E-state index is 13.7. The van der Waals surface area contributed by atoms with Gasteiger partial charge in [0, 0.05) is 42.1 Å². The second-order valence-electron chi connectivity index (χ2n) is 12.4.